The molecule has 0 saturated carbocycles. The first-order valence-corrected chi connectivity index (χ1v) is 12.5. The lowest BCUT2D eigenvalue weighted by Crippen LogP contribution is -2.36. The van der Waals surface area contributed by atoms with Crippen LogP contribution in [-0.2, 0) is 17.7 Å². The second-order valence-corrected chi connectivity index (χ2v) is 9.21. The fourth-order valence-corrected chi connectivity index (χ4v) is 5.02. The Balaban J connectivity index is 1.59. The first-order chi connectivity index (χ1) is 17.4. The van der Waals surface area contributed by atoms with Crippen LogP contribution < -0.4 is 19.7 Å². The second-order valence-electron chi connectivity index (χ2n) is 9.21. The molecule has 192 valence electrons. The van der Waals surface area contributed by atoms with Crippen LogP contribution in [-0.4, -0.2) is 57.5 Å². The van der Waals surface area contributed by atoms with Gasteiger partial charge in [0.1, 0.15) is 5.69 Å². The predicted molar refractivity (Wildman–Crippen MR) is 143 cm³/mol. The molecule has 1 amide bonds. The molecule has 0 bridgehead atoms. The van der Waals surface area contributed by atoms with Gasteiger partial charge in [0, 0.05) is 37.4 Å². The van der Waals surface area contributed by atoms with E-state index in [-0.39, 0.29) is 5.91 Å². The van der Waals surface area contributed by atoms with E-state index in [1.165, 1.54) is 11.1 Å². The number of methoxy groups -OCH3 is 2. The van der Waals surface area contributed by atoms with E-state index >= 15 is 0 Å². The van der Waals surface area contributed by atoms with Crippen LogP contribution in [0.15, 0.2) is 42.5 Å². The highest BCUT2D eigenvalue weighted by Gasteiger charge is 2.27. The smallest absolute Gasteiger partial charge is 0.268 e. The molecule has 0 aliphatic carbocycles. The number of nitrogens with zero attached hydrogens (tertiary/aromatic N) is 2. The Morgan fingerprint density at radius 2 is 1.72 bits per heavy atom. The predicted octanol–water partition coefficient (Wildman–Crippen LogP) is 4.29. The molecule has 3 aromatic rings. The molecule has 7 heteroatoms. The van der Waals surface area contributed by atoms with Crippen LogP contribution in [0.4, 0.5) is 5.69 Å². The third-order valence-electron chi connectivity index (χ3n) is 7.01. The molecule has 2 aromatic carbocycles. The normalized spacial score (nSPS) is 13.5. The Morgan fingerprint density at radius 1 is 1.00 bits per heavy atom. The molecule has 0 radical (unpaired) electrons. The third-order valence-corrected chi connectivity index (χ3v) is 7.01. The number of aromatic nitrogens is 1. The standard InChI is InChI=1S/C29H37N3O4/c1-20-8-6-7-9-24(20)19-32-22(3)27(31-14-16-36-17-15-31)21(2)28(32)29(33)30-13-12-23-10-11-25(34-4)26(18-23)35-5/h6-11,18H,12-17,19H2,1-5H3,(H,30,33). The lowest BCUT2D eigenvalue weighted by Gasteiger charge is -2.29. The van der Waals surface area contributed by atoms with E-state index in [1.54, 1.807) is 14.2 Å². The maximum absolute atomic E-state index is 13.6. The van der Waals surface area contributed by atoms with E-state index in [1.807, 2.05) is 24.3 Å². The number of hydrogen-bond acceptors (Lipinski definition) is 5. The number of carbonyl (C=O) groups excluding carboxylic acids is 1. The van der Waals surface area contributed by atoms with Crippen LogP contribution >= 0.6 is 0 Å². The number of carbonyl (C=O) groups is 1. The zero-order valence-electron chi connectivity index (χ0n) is 22.0. The molecule has 7 nitrogen and oxygen atoms in total. The molecule has 1 aliphatic rings. The summed E-state index contributed by atoms with van der Waals surface area (Å²) in [5, 5.41) is 3.16. The summed E-state index contributed by atoms with van der Waals surface area (Å²) >= 11 is 0. The Morgan fingerprint density at radius 3 is 2.42 bits per heavy atom. The summed E-state index contributed by atoms with van der Waals surface area (Å²) in [6, 6.07) is 14.2. The molecule has 0 spiro atoms. The van der Waals surface area contributed by atoms with Crippen molar-refractivity contribution in [3.63, 3.8) is 0 Å². The molecule has 0 atom stereocenters. The monoisotopic (exact) mass is 491 g/mol. The zero-order valence-corrected chi connectivity index (χ0v) is 22.0. The molecular formula is C29H37N3O4. The van der Waals surface area contributed by atoms with Crippen molar-refractivity contribution in [1.82, 2.24) is 9.88 Å². The van der Waals surface area contributed by atoms with Crippen molar-refractivity contribution in [2.24, 2.45) is 0 Å². The first-order valence-electron chi connectivity index (χ1n) is 12.5. The highest BCUT2D eigenvalue weighted by atomic mass is 16.5. The van der Waals surface area contributed by atoms with Gasteiger partial charge in [-0.15, -0.1) is 0 Å². The Labute approximate surface area is 214 Å². The molecule has 36 heavy (non-hydrogen) atoms. The van der Waals surface area contributed by atoms with Crippen LogP contribution in [0.2, 0.25) is 0 Å². The van der Waals surface area contributed by atoms with Crippen LogP contribution in [0.25, 0.3) is 0 Å². The van der Waals surface area contributed by atoms with Gasteiger partial charge < -0.3 is 29.0 Å². The van der Waals surface area contributed by atoms with Crippen LogP contribution in [0, 0.1) is 20.8 Å². The van der Waals surface area contributed by atoms with Gasteiger partial charge in [-0.1, -0.05) is 30.3 Å². The molecule has 1 aliphatic heterocycles. The van der Waals surface area contributed by atoms with Crippen molar-refractivity contribution in [3.05, 3.63) is 76.1 Å². The van der Waals surface area contributed by atoms with Gasteiger partial charge in [-0.25, -0.2) is 0 Å². The van der Waals surface area contributed by atoms with Gasteiger partial charge in [0.2, 0.25) is 0 Å². The van der Waals surface area contributed by atoms with E-state index < -0.39 is 0 Å². The van der Waals surface area contributed by atoms with Gasteiger partial charge in [-0.05, 0) is 56.0 Å². The second kappa shape index (κ2) is 11.5. The molecular weight excluding hydrogens is 454 g/mol. The average Bonchev–Trinajstić information content (AvgIpc) is 3.14. The highest BCUT2D eigenvalue weighted by Crippen LogP contribution is 2.33. The van der Waals surface area contributed by atoms with E-state index in [2.05, 4.69) is 53.8 Å². The summed E-state index contributed by atoms with van der Waals surface area (Å²) in [7, 11) is 3.25. The summed E-state index contributed by atoms with van der Waals surface area (Å²) < 4.78 is 18.5. The molecule has 1 N–H and O–H groups in total. The van der Waals surface area contributed by atoms with Gasteiger partial charge in [-0.3, -0.25) is 4.79 Å². The molecule has 2 heterocycles. The van der Waals surface area contributed by atoms with Crippen molar-refractivity contribution >= 4 is 11.6 Å². The summed E-state index contributed by atoms with van der Waals surface area (Å²) in [6.07, 6.45) is 0.693. The molecule has 1 fully saturated rings. The van der Waals surface area contributed by atoms with Crippen molar-refractivity contribution in [2.75, 3.05) is 52.0 Å². The van der Waals surface area contributed by atoms with Crippen LogP contribution in [0.3, 0.4) is 0 Å². The zero-order chi connectivity index (χ0) is 25.7. The summed E-state index contributed by atoms with van der Waals surface area (Å²) in [6.45, 7) is 10.5. The number of benzene rings is 2. The topological polar surface area (TPSA) is 65.0 Å². The van der Waals surface area contributed by atoms with Crippen molar-refractivity contribution in [1.29, 1.82) is 0 Å². The van der Waals surface area contributed by atoms with Crippen LogP contribution in [0.5, 0.6) is 11.5 Å². The maximum Gasteiger partial charge on any atom is 0.268 e. The van der Waals surface area contributed by atoms with Gasteiger partial charge >= 0.3 is 0 Å². The van der Waals surface area contributed by atoms with E-state index in [0.29, 0.717) is 44.2 Å². The largest absolute Gasteiger partial charge is 0.493 e. The third kappa shape index (κ3) is 5.36. The Kier molecular flexibility index (Phi) is 8.21. The molecule has 4 rings (SSSR count). The van der Waals surface area contributed by atoms with Gasteiger partial charge in [0.05, 0.1) is 33.1 Å². The van der Waals surface area contributed by atoms with E-state index in [9.17, 15) is 4.79 Å². The minimum Gasteiger partial charge on any atom is -0.493 e. The van der Waals surface area contributed by atoms with E-state index in [0.717, 1.165) is 41.3 Å². The summed E-state index contributed by atoms with van der Waals surface area (Å²) in [5.41, 5.74) is 7.51. The number of amides is 1. The molecule has 0 unspecified atom stereocenters. The van der Waals surface area contributed by atoms with Crippen molar-refractivity contribution in [2.45, 2.75) is 33.7 Å². The number of ether oxygens (including phenoxy) is 3. The van der Waals surface area contributed by atoms with Gasteiger partial charge in [0.25, 0.3) is 5.91 Å². The van der Waals surface area contributed by atoms with Crippen molar-refractivity contribution in [3.8, 4) is 11.5 Å². The Hall–Kier alpha value is -3.45. The number of morpholine rings is 1. The maximum atomic E-state index is 13.6. The number of rotatable bonds is 9. The van der Waals surface area contributed by atoms with Gasteiger partial charge in [-0.2, -0.15) is 0 Å². The number of aryl methyl sites for hydroxylation is 1. The fraction of sp³-hybridized carbons (Fsp3) is 0.414. The lowest BCUT2D eigenvalue weighted by molar-refractivity contribution is 0.0944. The summed E-state index contributed by atoms with van der Waals surface area (Å²) in [5.74, 6) is 1.33. The first kappa shape index (κ1) is 25.6. The number of anilines is 1. The van der Waals surface area contributed by atoms with Gasteiger partial charge in [0.15, 0.2) is 11.5 Å². The average molecular weight is 492 g/mol. The molecule has 1 saturated heterocycles. The number of nitrogens with one attached hydrogen (secondary N) is 1. The fourth-order valence-electron chi connectivity index (χ4n) is 5.02. The van der Waals surface area contributed by atoms with Crippen LogP contribution in [0.1, 0.15) is 38.4 Å². The Bertz CT molecular complexity index is 1210. The minimum atomic E-state index is -0.0517. The number of hydrogen-bond donors (Lipinski definition) is 1. The van der Waals surface area contributed by atoms with Crippen molar-refractivity contribution < 1.29 is 19.0 Å². The lowest BCUT2D eigenvalue weighted by atomic mass is 10.1. The molecule has 1 aromatic heterocycles. The highest BCUT2D eigenvalue weighted by molar-refractivity contribution is 5.96. The SMILES string of the molecule is COc1ccc(CCNC(=O)c2c(C)c(N3CCOCC3)c(C)n2Cc2ccccc2C)cc1OC. The minimum absolute atomic E-state index is 0.0517. The summed E-state index contributed by atoms with van der Waals surface area (Å²) in [4.78, 5) is 16.0. The quantitative estimate of drug-likeness (QED) is 0.484. The van der Waals surface area contributed by atoms with E-state index in [4.69, 9.17) is 14.2 Å².